The zero-order chi connectivity index (χ0) is 13.1. The SMILES string of the molecule is CC(=O)N1CCC(Nc2cc(F)ccc2Cl)CC1. The Labute approximate surface area is 111 Å². The molecule has 5 heteroatoms. The average molecular weight is 271 g/mol. The lowest BCUT2D eigenvalue weighted by molar-refractivity contribution is -0.129. The van der Waals surface area contributed by atoms with E-state index in [0.717, 1.165) is 25.9 Å². The molecule has 0 atom stereocenters. The minimum atomic E-state index is -0.303. The quantitative estimate of drug-likeness (QED) is 0.896. The van der Waals surface area contributed by atoms with E-state index in [1.807, 2.05) is 4.90 Å². The molecule has 1 aromatic carbocycles. The molecule has 3 nitrogen and oxygen atoms in total. The van der Waals surface area contributed by atoms with Crippen molar-refractivity contribution in [2.75, 3.05) is 18.4 Å². The van der Waals surface area contributed by atoms with Crippen LogP contribution in [0.25, 0.3) is 0 Å². The van der Waals surface area contributed by atoms with Gasteiger partial charge in [0, 0.05) is 26.1 Å². The summed E-state index contributed by atoms with van der Waals surface area (Å²) in [5, 5.41) is 3.76. The molecule has 2 rings (SSSR count). The summed E-state index contributed by atoms with van der Waals surface area (Å²) in [7, 11) is 0. The minimum Gasteiger partial charge on any atom is -0.381 e. The van der Waals surface area contributed by atoms with E-state index in [2.05, 4.69) is 5.32 Å². The number of hydrogen-bond acceptors (Lipinski definition) is 2. The molecule has 0 aromatic heterocycles. The molecule has 0 aliphatic carbocycles. The Balaban J connectivity index is 1.95. The van der Waals surface area contributed by atoms with E-state index < -0.39 is 0 Å². The molecule has 1 amide bonds. The largest absolute Gasteiger partial charge is 0.381 e. The first-order valence-corrected chi connectivity index (χ1v) is 6.41. The van der Waals surface area contributed by atoms with E-state index in [-0.39, 0.29) is 17.8 Å². The number of carbonyl (C=O) groups excluding carboxylic acids is 1. The van der Waals surface area contributed by atoms with Crippen LogP contribution in [0.1, 0.15) is 19.8 Å². The molecule has 1 aromatic rings. The second-order valence-electron chi connectivity index (χ2n) is 4.55. The molecular formula is C13H16ClFN2O. The molecule has 0 unspecified atom stereocenters. The molecule has 0 bridgehead atoms. The van der Waals surface area contributed by atoms with E-state index >= 15 is 0 Å². The molecule has 98 valence electrons. The lowest BCUT2D eigenvalue weighted by atomic mass is 10.0. The first kappa shape index (κ1) is 13.1. The Morgan fingerprint density at radius 2 is 2.11 bits per heavy atom. The zero-order valence-corrected chi connectivity index (χ0v) is 11.0. The number of benzene rings is 1. The molecule has 1 aliphatic heterocycles. The third-order valence-corrected chi connectivity index (χ3v) is 3.56. The molecule has 1 aliphatic rings. The lowest BCUT2D eigenvalue weighted by Gasteiger charge is -2.32. The summed E-state index contributed by atoms with van der Waals surface area (Å²) in [4.78, 5) is 13.0. The van der Waals surface area contributed by atoms with Crippen LogP contribution in [0.3, 0.4) is 0 Å². The second-order valence-corrected chi connectivity index (χ2v) is 4.96. The van der Waals surface area contributed by atoms with Crippen LogP contribution in [0, 0.1) is 5.82 Å². The highest BCUT2D eigenvalue weighted by molar-refractivity contribution is 6.33. The maximum atomic E-state index is 13.1. The molecule has 1 N–H and O–H groups in total. The number of rotatable bonds is 2. The Kier molecular flexibility index (Phi) is 4.07. The van der Waals surface area contributed by atoms with Gasteiger partial charge in [-0.15, -0.1) is 0 Å². The van der Waals surface area contributed by atoms with Crippen LogP contribution >= 0.6 is 11.6 Å². The van der Waals surface area contributed by atoms with Crippen molar-refractivity contribution in [3.8, 4) is 0 Å². The summed E-state index contributed by atoms with van der Waals surface area (Å²) in [6, 6.07) is 4.52. The van der Waals surface area contributed by atoms with Crippen LogP contribution in [0.4, 0.5) is 10.1 Å². The standard InChI is InChI=1S/C13H16ClFN2O/c1-9(18)17-6-4-11(5-7-17)16-13-8-10(15)2-3-12(13)14/h2-3,8,11,16H,4-7H2,1H3. The highest BCUT2D eigenvalue weighted by Gasteiger charge is 2.21. The van der Waals surface area contributed by atoms with Gasteiger partial charge in [-0.3, -0.25) is 4.79 Å². The Morgan fingerprint density at radius 3 is 2.72 bits per heavy atom. The maximum Gasteiger partial charge on any atom is 0.219 e. The minimum absolute atomic E-state index is 0.109. The van der Waals surface area contributed by atoms with Crippen molar-refractivity contribution in [1.29, 1.82) is 0 Å². The van der Waals surface area contributed by atoms with Crippen LogP contribution in [0.2, 0.25) is 5.02 Å². The number of likely N-dealkylation sites (tertiary alicyclic amines) is 1. The fraction of sp³-hybridized carbons (Fsp3) is 0.462. The van der Waals surface area contributed by atoms with Gasteiger partial charge in [0.2, 0.25) is 5.91 Å². The average Bonchev–Trinajstić information content (AvgIpc) is 2.34. The lowest BCUT2D eigenvalue weighted by Crippen LogP contribution is -2.41. The first-order valence-electron chi connectivity index (χ1n) is 6.03. The number of amides is 1. The normalized spacial score (nSPS) is 16.7. The van der Waals surface area contributed by atoms with Crippen LogP contribution in [0.15, 0.2) is 18.2 Å². The number of halogens is 2. The number of piperidine rings is 1. The van der Waals surface area contributed by atoms with Gasteiger partial charge in [0.25, 0.3) is 0 Å². The van der Waals surface area contributed by atoms with Crippen molar-refractivity contribution < 1.29 is 9.18 Å². The monoisotopic (exact) mass is 270 g/mol. The summed E-state index contributed by atoms with van der Waals surface area (Å²) in [5.41, 5.74) is 0.623. The first-order chi connectivity index (χ1) is 8.56. The van der Waals surface area contributed by atoms with E-state index in [1.54, 1.807) is 13.0 Å². The smallest absolute Gasteiger partial charge is 0.219 e. The molecule has 0 spiro atoms. The van der Waals surface area contributed by atoms with Gasteiger partial charge < -0.3 is 10.2 Å². The maximum absolute atomic E-state index is 13.1. The van der Waals surface area contributed by atoms with Gasteiger partial charge in [0.1, 0.15) is 5.82 Å². The van der Waals surface area contributed by atoms with E-state index in [4.69, 9.17) is 11.6 Å². The van der Waals surface area contributed by atoms with Gasteiger partial charge in [-0.1, -0.05) is 11.6 Å². The Bertz CT molecular complexity index is 445. The van der Waals surface area contributed by atoms with Crippen molar-refractivity contribution in [2.24, 2.45) is 0 Å². The van der Waals surface area contributed by atoms with Crippen molar-refractivity contribution in [1.82, 2.24) is 4.90 Å². The van der Waals surface area contributed by atoms with Gasteiger partial charge in [-0.2, -0.15) is 0 Å². The number of hydrogen-bond donors (Lipinski definition) is 1. The molecule has 18 heavy (non-hydrogen) atoms. The van der Waals surface area contributed by atoms with Crippen LogP contribution in [-0.4, -0.2) is 29.9 Å². The molecule has 1 heterocycles. The summed E-state index contributed by atoms with van der Waals surface area (Å²) < 4.78 is 13.1. The third-order valence-electron chi connectivity index (χ3n) is 3.23. The van der Waals surface area contributed by atoms with Crippen LogP contribution in [-0.2, 0) is 4.79 Å². The number of carbonyl (C=O) groups is 1. The highest BCUT2D eigenvalue weighted by atomic mass is 35.5. The van der Waals surface area contributed by atoms with Crippen molar-refractivity contribution >= 4 is 23.2 Å². The van der Waals surface area contributed by atoms with Gasteiger partial charge in [0.15, 0.2) is 0 Å². The third kappa shape index (κ3) is 3.13. The summed E-state index contributed by atoms with van der Waals surface area (Å²) in [6.07, 6.45) is 1.71. The van der Waals surface area contributed by atoms with Crippen molar-refractivity contribution in [2.45, 2.75) is 25.8 Å². The van der Waals surface area contributed by atoms with Crippen LogP contribution < -0.4 is 5.32 Å². The van der Waals surface area contributed by atoms with E-state index in [9.17, 15) is 9.18 Å². The number of anilines is 1. The molecule has 0 saturated carbocycles. The zero-order valence-electron chi connectivity index (χ0n) is 10.2. The second kappa shape index (κ2) is 5.57. The summed E-state index contributed by atoms with van der Waals surface area (Å²) in [5.74, 6) is -0.194. The fourth-order valence-corrected chi connectivity index (χ4v) is 2.34. The highest BCUT2D eigenvalue weighted by Crippen LogP contribution is 2.25. The van der Waals surface area contributed by atoms with Crippen LogP contribution in [0.5, 0.6) is 0 Å². The predicted molar refractivity (Wildman–Crippen MR) is 70.3 cm³/mol. The topological polar surface area (TPSA) is 32.3 Å². The van der Waals surface area contributed by atoms with Gasteiger partial charge in [-0.25, -0.2) is 4.39 Å². The summed E-state index contributed by atoms with van der Waals surface area (Å²) >= 11 is 6.00. The van der Waals surface area contributed by atoms with Crippen molar-refractivity contribution in [3.63, 3.8) is 0 Å². The molecule has 1 fully saturated rings. The Hall–Kier alpha value is -1.29. The number of nitrogens with zero attached hydrogens (tertiary/aromatic N) is 1. The van der Waals surface area contributed by atoms with Gasteiger partial charge in [0.05, 0.1) is 10.7 Å². The van der Waals surface area contributed by atoms with E-state index in [0.29, 0.717) is 10.7 Å². The van der Waals surface area contributed by atoms with Gasteiger partial charge >= 0.3 is 0 Å². The van der Waals surface area contributed by atoms with Gasteiger partial charge in [-0.05, 0) is 31.0 Å². The Morgan fingerprint density at radius 1 is 1.44 bits per heavy atom. The predicted octanol–water partition coefficient (Wildman–Crippen LogP) is 2.90. The molecule has 0 radical (unpaired) electrons. The van der Waals surface area contributed by atoms with E-state index in [1.165, 1.54) is 12.1 Å². The fourth-order valence-electron chi connectivity index (χ4n) is 2.17. The summed E-state index contributed by atoms with van der Waals surface area (Å²) in [6.45, 7) is 3.05. The molecular weight excluding hydrogens is 255 g/mol. The number of nitrogens with one attached hydrogen (secondary N) is 1. The van der Waals surface area contributed by atoms with Crippen molar-refractivity contribution in [3.05, 3.63) is 29.0 Å². The molecule has 1 saturated heterocycles.